The van der Waals surface area contributed by atoms with Crippen LogP contribution in [0, 0.1) is 5.92 Å². The third-order valence-corrected chi connectivity index (χ3v) is 3.15. The van der Waals surface area contributed by atoms with Crippen LogP contribution in [0.25, 0.3) is 0 Å². The van der Waals surface area contributed by atoms with Crippen molar-refractivity contribution >= 4 is 52.2 Å². The SMILES string of the molecule is CON(CC(C)C)C(=O)COc1nc(C(Cl)(Cl)Cl)ns1. The van der Waals surface area contributed by atoms with Crippen LogP contribution < -0.4 is 4.74 Å². The van der Waals surface area contributed by atoms with Gasteiger partial charge >= 0.3 is 0 Å². The van der Waals surface area contributed by atoms with E-state index in [-0.39, 0.29) is 29.5 Å². The van der Waals surface area contributed by atoms with Crippen molar-refractivity contribution in [2.24, 2.45) is 5.92 Å². The Labute approximate surface area is 136 Å². The minimum Gasteiger partial charge on any atom is -0.459 e. The van der Waals surface area contributed by atoms with Gasteiger partial charge in [0.2, 0.25) is 0 Å². The van der Waals surface area contributed by atoms with Gasteiger partial charge in [-0.05, 0) is 5.92 Å². The molecule has 10 heteroatoms. The van der Waals surface area contributed by atoms with Crippen molar-refractivity contribution in [1.82, 2.24) is 14.4 Å². The Balaban J connectivity index is 2.54. The maximum Gasteiger partial charge on any atom is 0.293 e. The van der Waals surface area contributed by atoms with E-state index >= 15 is 0 Å². The number of carbonyl (C=O) groups excluding carboxylic acids is 1. The minimum absolute atomic E-state index is 0.0146. The lowest BCUT2D eigenvalue weighted by Crippen LogP contribution is -2.36. The highest BCUT2D eigenvalue weighted by Crippen LogP contribution is 2.37. The summed E-state index contributed by atoms with van der Waals surface area (Å²) < 4.78 is 7.33. The largest absolute Gasteiger partial charge is 0.459 e. The van der Waals surface area contributed by atoms with Crippen molar-refractivity contribution in [3.05, 3.63) is 5.82 Å². The standard InChI is InChI=1S/C10H14Cl3N3O3S/c1-6(2)4-16(18-3)7(17)5-19-9-14-8(15-20-9)10(11,12)13/h6H,4-5H2,1-3H3. The van der Waals surface area contributed by atoms with E-state index in [0.717, 1.165) is 11.5 Å². The molecule has 0 saturated carbocycles. The summed E-state index contributed by atoms with van der Waals surface area (Å²) in [6, 6.07) is 0. The van der Waals surface area contributed by atoms with Crippen LogP contribution in [0.1, 0.15) is 19.7 Å². The zero-order valence-corrected chi connectivity index (χ0v) is 14.2. The van der Waals surface area contributed by atoms with E-state index in [1.807, 2.05) is 13.8 Å². The van der Waals surface area contributed by atoms with Crippen molar-refractivity contribution < 1.29 is 14.4 Å². The number of hydroxylamine groups is 2. The molecule has 1 amide bonds. The molecule has 20 heavy (non-hydrogen) atoms. The fourth-order valence-electron chi connectivity index (χ4n) is 1.19. The fourth-order valence-corrected chi connectivity index (χ4v) is 2.17. The van der Waals surface area contributed by atoms with Crippen LogP contribution in [-0.2, 0) is 13.4 Å². The molecule has 1 heterocycles. The highest BCUT2D eigenvalue weighted by atomic mass is 35.6. The second-order valence-electron chi connectivity index (χ2n) is 4.20. The molecule has 1 rings (SSSR count). The normalized spacial score (nSPS) is 11.8. The summed E-state index contributed by atoms with van der Waals surface area (Å²) in [5, 5.41) is 1.38. The average molecular weight is 363 g/mol. The van der Waals surface area contributed by atoms with E-state index in [0.29, 0.717) is 6.54 Å². The first kappa shape index (κ1) is 17.7. The van der Waals surface area contributed by atoms with Crippen LogP contribution in [0.3, 0.4) is 0 Å². The molecule has 0 saturated heterocycles. The molecule has 0 radical (unpaired) electrons. The van der Waals surface area contributed by atoms with Crippen LogP contribution in [0.4, 0.5) is 0 Å². The van der Waals surface area contributed by atoms with Crippen molar-refractivity contribution in [2.75, 3.05) is 20.3 Å². The van der Waals surface area contributed by atoms with E-state index in [9.17, 15) is 4.79 Å². The van der Waals surface area contributed by atoms with E-state index in [1.54, 1.807) is 0 Å². The predicted molar refractivity (Wildman–Crippen MR) is 78.2 cm³/mol. The number of rotatable bonds is 6. The second kappa shape index (κ2) is 7.61. The van der Waals surface area contributed by atoms with Crippen molar-refractivity contribution in [2.45, 2.75) is 17.6 Å². The summed E-state index contributed by atoms with van der Waals surface area (Å²) in [4.78, 5) is 20.7. The first-order valence-electron chi connectivity index (χ1n) is 5.62. The van der Waals surface area contributed by atoms with Gasteiger partial charge in [-0.15, -0.1) is 0 Å². The topological polar surface area (TPSA) is 64.5 Å². The van der Waals surface area contributed by atoms with Crippen LogP contribution in [0.5, 0.6) is 5.19 Å². The number of carbonyl (C=O) groups is 1. The highest BCUT2D eigenvalue weighted by molar-refractivity contribution is 7.07. The third kappa shape index (κ3) is 5.57. The molecule has 0 fully saturated rings. The number of aromatic nitrogens is 2. The number of nitrogens with zero attached hydrogens (tertiary/aromatic N) is 3. The summed E-state index contributed by atoms with van der Waals surface area (Å²) in [6.45, 7) is 4.18. The average Bonchev–Trinajstić information content (AvgIpc) is 2.81. The Morgan fingerprint density at radius 2 is 2.10 bits per heavy atom. The number of amides is 1. The summed E-state index contributed by atoms with van der Waals surface area (Å²) in [5.74, 6) is -0.0380. The maximum atomic E-state index is 11.8. The van der Waals surface area contributed by atoms with Crippen molar-refractivity contribution in [3.8, 4) is 5.19 Å². The van der Waals surface area contributed by atoms with E-state index < -0.39 is 3.79 Å². The zero-order valence-electron chi connectivity index (χ0n) is 11.1. The van der Waals surface area contributed by atoms with Crippen LogP contribution in [0.15, 0.2) is 0 Å². The van der Waals surface area contributed by atoms with Gasteiger partial charge < -0.3 is 4.74 Å². The summed E-state index contributed by atoms with van der Waals surface area (Å²) in [6.07, 6.45) is 0. The summed E-state index contributed by atoms with van der Waals surface area (Å²) >= 11 is 17.8. The molecule has 0 atom stereocenters. The highest BCUT2D eigenvalue weighted by Gasteiger charge is 2.29. The molecule has 1 aromatic heterocycles. The molecule has 0 aromatic carbocycles. The Morgan fingerprint density at radius 3 is 2.55 bits per heavy atom. The van der Waals surface area contributed by atoms with Gasteiger partial charge in [-0.2, -0.15) is 9.36 Å². The molecular weight excluding hydrogens is 349 g/mol. The van der Waals surface area contributed by atoms with Gasteiger partial charge in [0.25, 0.3) is 14.9 Å². The molecule has 0 N–H and O–H groups in total. The Morgan fingerprint density at radius 1 is 1.45 bits per heavy atom. The van der Waals surface area contributed by atoms with Crippen molar-refractivity contribution in [3.63, 3.8) is 0 Å². The summed E-state index contributed by atoms with van der Waals surface area (Å²) in [5.41, 5.74) is 0. The molecule has 0 bridgehead atoms. The van der Waals surface area contributed by atoms with E-state index in [4.69, 9.17) is 44.4 Å². The third-order valence-electron chi connectivity index (χ3n) is 2.01. The van der Waals surface area contributed by atoms with Crippen LogP contribution in [-0.4, -0.2) is 40.6 Å². The molecule has 0 aliphatic rings. The molecule has 0 unspecified atom stereocenters. The lowest BCUT2D eigenvalue weighted by molar-refractivity contribution is -0.180. The van der Waals surface area contributed by atoms with Gasteiger partial charge in [0.1, 0.15) is 0 Å². The lowest BCUT2D eigenvalue weighted by atomic mass is 10.2. The smallest absolute Gasteiger partial charge is 0.293 e. The molecular formula is C10H14Cl3N3O3S. The van der Waals surface area contributed by atoms with Gasteiger partial charge in [0.15, 0.2) is 12.4 Å². The van der Waals surface area contributed by atoms with Gasteiger partial charge in [-0.1, -0.05) is 48.7 Å². The number of hydrogen-bond acceptors (Lipinski definition) is 6. The van der Waals surface area contributed by atoms with E-state index in [1.165, 1.54) is 12.2 Å². The lowest BCUT2D eigenvalue weighted by Gasteiger charge is -2.21. The predicted octanol–water partition coefficient (Wildman–Crippen LogP) is 2.79. The zero-order chi connectivity index (χ0) is 15.3. The Bertz CT molecular complexity index is 450. The second-order valence-corrected chi connectivity index (χ2v) is 7.20. The number of halogens is 3. The first-order valence-corrected chi connectivity index (χ1v) is 7.53. The minimum atomic E-state index is -1.71. The van der Waals surface area contributed by atoms with Crippen molar-refractivity contribution in [1.29, 1.82) is 0 Å². The number of ether oxygens (including phenoxy) is 1. The Kier molecular flexibility index (Phi) is 6.74. The molecule has 6 nitrogen and oxygen atoms in total. The molecule has 0 aliphatic carbocycles. The molecule has 0 aliphatic heterocycles. The Hall–Kier alpha value is -0.340. The van der Waals surface area contributed by atoms with E-state index in [2.05, 4.69) is 9.36 Å². The van der Waals surface area contributed by atoms with Crippen LogP contribution in [0.2, 0.25) is 0 Å². The number of alkyl halides is 3. The quantitative estimate of drug-likeness (QED) is 0.575. The monoisotopic (exact) mass is 361 g/mol. The van der Waals surface area contributed by atoms with Gasteiger partial charge in [-0.3, -0.25) is 9.63 Å². The van der Waals surface area contributed by atoms with Crippen LogP contribution >= 0.6 is 46.3 Å². The van der Waals surface area contributed by atoms with Gasteiger partial charge in [-0.25, -0.2) is 5.06 Å². The fraction of sp³-hybridized carbons (Fsp3) is 0.700. The summed E-state index contributed by atoms with van der Waals surface area (Å²) in [7, 11) is 1.42. The molecule has 0 spiro atoms. The van der Waals surface area contributed by atoms with Gasteiger partial charge in [0.05, 0.1) is 13.7 Å². The number of hydrogen-bond donors (Lipinski definition) is 0. The van der Waals surface area contributed by atoms with Gasteiger partial charge in [0, 0.05) is 11.5 Å². The maximum absolute atomic E-state index is 11.8. The first-order chi connectivity index (χ1) is 9.24. The molecule has 1 aromatic rings. The molecule has 114 valence electrons.